The first kappa shape index (κ1) is 16.9. The molecule has 0 saturated carbocycles. The van der Waals surface area contributed by atoms with Crippen molar-refractivity contribution in [3.63, 3.8) is 0 Å². The maximum Gasteiger partial charge on any atom is 0.341 e. The Morgan fingerprint density at radius 3 is 2.52 bits per heavy atom. The number of halogens is 1. The summed E-state index contributed by atoms with van der Waals surface area (Å²) in [4.78, 5) is 10.5. The standard InChI is InChI=1S/C18H13BrN2O4/c19-12-2-7-15-11(9-12)1-8-16(22)18(15)21-20-13-3-5-14(6-4-13)25-10-17(23)24/h1-9,22H,10H2,(H,23,24). The van der Waals surface area contributed by atoms with E-state index in [1.54, 1.807) is 30.3 Å². The van der Waals surface area contributed by atoms with Crippen LogP contribution in [-0.4, -0.2) is 22.8 Å². The Kier molecular flexibility index (Phi) is 4.95. The minimum absolute atomic E-state index is 0.0417. The number of benzene rings is 3. The zero-order chi connectivity index (χ0) is 17.8. The van der Waals surface area contributed by atoms with Crippen molar-refractivity contribution >= 4 is 44.0 Å². The van der Waals surface area contributed by atoms with Gasteiger partial charge in [0.1, 0.15) is 17.2 Å². The van der Waals surface area contributed by atoms with Gasteiger partial charge in [0.2, 0.25) is 0 Å². The first-order valence-electron chi connectivity index (χ1n) is 7.30. The van der Waals surface area contributed by atoms with Crippen molar-refractivity contribution < 1.29 is 19.7 Å². The van der Waals surface area contributed by atoms with E-state index in [4.69, 9.17) is 9.84 Å². The number of hydrogen-bond acceptors (Lipinski definition) is 5. The minimum Gasteiger partial charge on any atom is -0.506 e. The molecule has 0 aliphatic rings. The summed E-state index contributed by atoms with van der Waals surface area (Å²) in [7, 11) is 0. The third kappa shape index (κ3) is 4.13. The maximum absolute atomic E-state index is 10.5. The van der Waals surface area contributed by atoms with Crippen molar-refractivity contribution in [1.82, 2.24) is 0 Å². The Hall–Kier alpha value is -2.93. The van der Waals surface area contributed by atoms with E-state index in [0.29, 0.717) is 17.1 Å². The molecule has 7 heteroatoms. The summed E-state index contributed by atoms with van der Waals surface area (Å²) in [6.07, 6.45) is 0. The fraction of sp³-hybridized carbons (Fsp3) is 0.0556. The molecule has 6 nitrogen and oxygen atoms in total. The highest BCUT2D eigenvalue weighted by Gasteiger charge is 2.07. The van der Waals surface area contributed by atoms with Gasteiger partial charge in [-0.1, -0.05) is 28.1 Å². The van der Waals surface area contributed by atoms with Gasteiger partial charge < -0.3 is 14.9 Å². The molecule has 126 valence electrons. The molecule has 0 aliphatic heterocycles. The zero-order valence-corrected chi connectivity index (χ0v) is 14.5. The second kappa shape index (κ2) is 7.31. The van der Waals surface area contributed by atoms with Crippen LogP contribution in [0.15, 0.2) is 69.3 Å². The topological polar surface area (TPSA) is 91.5 Å². The predicted octanol–water partition coefficient (Wildman–Crippen LogP) is 5.19. The predicted molar refractivity (Wildman–Crippen MR) is 97.1 cm³/mol. The number of carbonyl (C=O) groups is 1. The Morgan fingerprint density at radius 1 is 1.04 bits per heavy atom. The van der Waals surface area contributed by atoms with Crippen molar-refractivity contribution in [3.05, 3.63) is 59.1 Å². The number of carboxylic acid groups (broad SMARTS) is 1. The molecule has 0 amide bonds. The molecule has 0 spiro atoms. The Balaban J connectivity index is 1.85. The van der Waals surface area contributed by atoms with Crippen molar-refractivity contribution in [3.8, 4) is 11.5 Å². The molecule has 0 atom stereocenters. The van der Waals surface area contributed by atoms with Crippen LogP contribution in [0.2, 0.25) is 0 Å². The second-order valence-electron chi connectivity index (χ2n) is 5.18. The van der Waals surface area contributed by atoms with Crippen LogP contribution in [0.4, 0.5) is 11.4 Å². The lowest BCUT2D eigenvalue weighted by Crippen LogP contribution is -2.09. The number of aliphatic carboxylic acids is 1. The van der Waals surface area contributed by atoms with E-state index < -0.39 is 12.6 Å². The van der Waals surface area contributed by atoms with E-state index in [0.717, 1.165) is 15.2 Å². The minimum atomic E-state index is -1.04. The van der Waals surface area contributed by atoms with Gasteiger partial charge in [0.05, 0.1) is 5.69 Å². The molecule has 0 aromatic heterocycles. The number of azo groups is 1. The quantitative estimate of drug-likeness (QED) is 0.576. The number of phenolic OH excluding ortho intramolecular Hbond substituents is 1. The number of aromatic hydroxyl groups is 1. The highest BCUT2D eigenvalue weighted by atomic mass is 79.9. The van der Waals surface area contributed by atoms with Gasteiger partial charge in [0.25, 0.3) is 0 Å². The van der Waals surface area contributed by atoms with Gasteiger partial charge in [-0.25, -0.2) is 4.79 Å². The van der Waals surface area contributed by atoms with Crippen LogP contribution in [0.5, 0.6) is 11.5 Å². The van der Waals surface area contributed by atoms with Crippen molar-refractivity contribution in [1.29, 1.82) is 0 Å². The molecule has 0 bridgehead atoms. The number of fused-ring (bicyclic) bond motifs is 1. The monoisotopic (exact) mass is 400 g/mol. The summed E-state index contributed by atoms with van der Waals surface area (Å²) < 4.78 is 5.99. The number of carboxylic acids is 1. The van der Waals surface area contributed by atoms with Gasteiger partial charge in [-0.05, 0) is 47.9 Å². The molecule has 0 heterocycles. The van der Waals surface area contributed by atoms with Gasteiger partial charge in [-0.2, -0.15) is 5.11 Å². The fourth-order valence-corrected chi connectivity index (χ4v) is 2.62. The lowest BCUT2D eigenvalue weighted by Gasteiger charge is -2.05. The Labute approximate surface area is 151 Å². The SMILES string of the molecule is O=C(O)COc1ccc(N=Nc2c(O)ccc3cc(Br)ccc23)cc1. The van der Waals surface area contributed by atoms with Crippen LogP contribution in [0, 0.1) is 0 Å². The molecule has 2 N–H and O–H groups in total. The van der Waals surface area contributed by atoms with Crippen LogP contribution in [0.1, 0.15) is 0 Å². The molecule has 0 unspecified atom stereocenters. The van der Waals surface area contributed by atoms with Crippen LogP contribution < -0.4 is 4.74 Å². The third-order valence-electron chi connectivity index (χ3n) is 3.40. The number of ether oxygens (including phenoxy) is 1. The fourth-order valence-electron chi connectivity index (χ4n) is 2.24. The molecular formula is C18H13BrN2O4. The van der Waals surface area contributed by atoms with Gasteiger partial charge in [-0.15, -0.1) is 5.11 Å². The highest BCUT2D eigenvalue weighted by molar-refractivity contribution is 9.10. The van der Waals surface area contributed by atoms with E-state index in [2.05, 4.69) is 26.2 Å². The molecule has 0 saturated heterocycles. The molecular weight excluding hydrogens is 388 g/mol. The average Bonchev–Trinajstić information content (AvgIpc) is 2.60. The van der Waals surface area contributed by atoms with Crippen LogP contribution in [0.25, 0.3) is 10.8 Å². The zero-order valence-electron chi connectivity index (χ0n) is 12.9. The van der Waals surface area contributed by atoms with Crippen LogP contribution in [-0.2, 0) is 4.79 Å². The van der Waals surface area contributed by atoms with Crippen molar-refractivity contribution in [2.24, 2.45) is 10.2 Å². The summed E-state index contributed by atoms with van der Waals surface area (Å²) in [5.74, 6) is -0.568. The molecule has 25 heavy (non-hydrogen) atoms. The second-order valence-corrected chi connectivity index (χ2v) is 6.09. The van der Waals surface area contributed by atoms with E-state index in [1.807, 2.05) is 24.3 Å². The normalized spacial score (nSPS) is 11.1. The Bertz CT molecular complexity index is 955. The summed E-state index contributed by atoms with van der Waals surface area (Å²) in [5.41, 5.74) is 0.937. The van der Waals surface area contributed by atoms with Gasteiger partial charge in [0.15, 0.2) is 6.61 Å². The lowest BCUT2D eigenvalue weighted by molar-refractivity contribution is -0.139. The number of phenols is 1. The highest BCUT2D eigenvalue weighted by Crippen LogP contribution is 2.37. The van der Waals surface area contributed by atoms with Gasteiger partial charge >= 0.3 is 5.97 Å². The number of hydrogen-bond donors (Lipinski definition) is 2. The van der Waals surface area contributed by atoms with Crippen molar-refractivity contribution in [2.45, 2.75) is 0 Å². The smallest absolute Gasteiger partial charge is 0.341 e. The first-order valence-corrected chi connectivity index (χ1v) is 8.10. The largest absolute Gasteiger partial charge is 0.506 e. The van der Waals surface area contributed by atoms with E-state index >= 15 is 0 Å². The van der Waals surface area contributed by atoms with Crippen LogP contribution >= 0.6 is 15.9 Å². The summed E-state index contributed by atoms with van der Waals surface area (Å²) in [6, 6.07) is 15.6. The van der Waals surface area contributed by atoms with E-state index in [1.165, 1.54) is 0 Å². The van der Waals surface area contributed by atoms with E-state index in [-0.39, 0.29) is 5.75 Å². The van der Waals surface area contributed by atoms with Gasteiger partial charge in [-0.3, -0.25) is 0 Å². The molecule has 0 radical (unpaired) electrons. The third-order valence-corrected chi connectivity index (χ3v) is 3.89. The van der Waals surface area contributed by atoms with Gasteiger partial charge in [0, 0.05) is 9.86 Å². The number of rotatable bonds is 5. The van der Waals surface area contributed by atoms with Crippen LogP contribution in [0.3, 0.4) is 0 Å². The molecule has 3 aromatic carbocycles. The summed E-state index contributed by atoms with van der Waals surface area (Å²) in [6.45, 7) is -0.402. The number of nitrogens with zero attached hydrogens (tertiary/aromatic N) is 2. The Morgan fingerprint density at radius 2 is 1.80 bits per heavy atom. The maximum atomic E-state index is 10.5. The molecule has 0 fully saturated rings. The van der Waals surface area contributed by atoms with E-state index in [9.17, 15) is 9.90 Å². The molecule has 0 aliphatic carbocycles. The summed E-state index contributed by atoms with van der Waals surface area (Å²) >= 11 is 3.41. The lowest BCUT2D eigenvalue weighted by atomic mass is 10.1. The molecule has 3 rings (SSSR count). The molecule has 3 aromatic rings. The summed E-state index contributed by atoms with van der Waals surface area (Å²) in [5, 5.41) is 28.7. The average molecular weight is 401 g/mol. The van der Waals surface area contributed by atoms with Crippen molar-refractivity contribution in [2.75, 3.05) is 6.61 Å². The first-order chi connectivity index (χ1) is 12.0.